The fraction of sp³-hybridized carbons (Fsp3) is 0.577. The second-order valence-corrected chi connectivity index (χ2v) is 9.94. The van der Waals surface area contributed by atoms with E-state index >= 15 is 0 Å². The highest BCUT2D eigenvalue weighted by molar-refractivity contribution is 6.32. The number of hydrogen-bond acceptors (Lipinski definition) is 9. The van der Waals surface area contributed by atoms with Crippen LogP contribution >= 0.6 is 11.6 Å². The molecule has 0 aliphatic heterocycles. The molecular formula is C26H36ClN5O4. The predicted octanol–water partition coefficient (Wildman–Crippen LogP) is 4.32. The van der Waals surface area contributed by atoms with Gasteiger partial charge in [0, 0.05) is 30.1 Å². The molecule has 5 N–H and O–H groups in total. The van der Waals surface area contributed by atoms with E-state index in [1.807, 2.05) is 19.1 Å². The van der Waals surface area contributed by atoms with Crippen LogP contribution in [0.1, 0.15) is 57.3 Å². The predicted molar refractivity (Wildman–Crippen MR) is 141 cm³/mol. The summed E-state index contributed by atoms with van der Waals surface area (Å²) in [4.78, 5) is 13.8. The Labute approximate surface area is 216 Å². The molecule has 4 atom stereocenters. The number of hydrogen-bond donors (Lipinski definition) is 5. The zero-order valence-electron chi connectivity index (χ0n) is 21.1. The number of pyridine rings is 1. The Morgan fingerprint density at radius 1 is 1.08 bits per heavy atom. The van der Waals surface area contributed by atoms with Gasteiger partial charge in [-0.05, 0) is 38.3 Å². The molecule has 0 amide bonds. The molecule has 10 heteroatoms. The SMILES string of the molecule is CCCCCNc1nc(Cl)c(-c2cc3cc(CCC)nc(C)c3o2)c(N[C@@H]2C[C@H](CO)[C@@H](O)[C@H]2O)n1. The normalized spacial score (nSPS) is 21.9. The molecule has 196 valence electrons. The minimum atomic E-state index is -1.07. The van der Waals surface area contributed by atoms with Gasteiger partial charge in [-0.3, -0.25) is 4.98 Å². The van der Waals surface area contributed by atoms with E-state index in [0.717, 1.165) is 48.9 Å². The summed E-state index contributed by atoms with van der Waals surface area (Å²) in [6.07, 6.45) is 3.31. The van der Waals surface area contributed by atoms with Gasteiger partial charge >= 0.3 is 0 Å². The van der Waals surface area contributed by atoms with E-state index in [9.17, 15) is 15.3 Å². The maximum atomic E-state index is 10.6. The molecule has 3 aromatic heterocycles. The van der Waals surface area contributed by atoms with Crippen molar-refractivity contribution in [1.29, 1.82) is 0 Å². The maximum Gasteiger partial charge on any atom is 0.226 e. The van der Waals surface area contributed by atoms with Gasteiger partial charge in [0.15, 0.2) is 5.58 Å². The number of unbranched alkanes of at least 4 members (excludes halogenated alkanes) is 2. The van der Waals surface area contributed by atoms with Crippen molar-refractivity contribution in [2.24, 2.45) is 5.92 Å². The average molecular weight is 518 g/mol. The number of fused-ring (bicyclic) bond motifs is 1. The molecule has 1 saturated carbocycles. The van der Waals surface area contributed by atoms with Crippen molar-refractivity contribution in [3.8, 4) is 11.3 Å². The quantitative estimate of drug-likeness (QED) is 0.186. The molecule has 3 heterocycles. The maximum absolute atomic E-state index is 10.6. The highest BCUT2D eigenvalue weighted by atomic mass is 35.5. The Hall–Kier alpha value is -2.46. The van der Waals surface area contributed by atoms with Crippen LogP contribution < -0.4 is 10.6 Å². The van der Waals surface area contributed by atoms with Gasteiger partial charge in [-0.15, -0.1) is 0 Å². The summed E-state index contributed by atoms with van der Waals surface area (Å²) in [6, 6.07) is 3.40. The van der Waals surface area contributed by atoms with Crippen molar-refractivity contribution < 1.29 is 19.7 Å². The van der Waals surface area contributed by atoms with Gasteiger partial charge in [0.1, 0.15) is 22.8 Å². The van der Waals surface area contributed by atoms with Crippen molar-refractivity contribution in [1.82, 2.24) is 15.0 Å². The highest BCUT2D eigenvalue weighted by Crippen LogP contribution is 2.39. The molecule has 0 aromatic carbocycles. The molecule has 0 spiro atoms. The molecule has 0 unspecified atom stereocenters. The van der Waals surface area contributed by atoms with Crippen LogP contribution in [0.3, 0.4) is 0 Å². The minimum absolute atomic E-state index is 0.204. The number of nitrogens with one attached hydrogen (secondary N) is 2. The third kappa shape index (κ3) is 5.59. The number of aliphatic hydroxyl groups is 3. The largest absolute Gasteiger partial charge is 0.454 e. The average Bonchev–Trinajstić information content (AvgIpc) is 3.38. The minimum Gasteiger partial charge on any atom is -0.454 e. The first-order valence-corrected chi connectivity index (χ1v) is 13.2. The van der Waals surface area contributed by atoms with E-state index in [-0.39, 0.29) is 11.8 Å². The number of nitrogens with zero attached hydrogens (tertiary/aromatic N) is 3. The first-order valence-electron chi connectivity index (χ1n) is 12.8. The van der Waals surface area contributed by atoms with E-state index in [4.69, 9.17) is 16.0 Å². The monoisotopic (exact) mass is 517 g/mol. The smallest absolute Gasteiger partial charge is 0.226 e. The number of halogens is 1. The van der Waals surface area contributed by atoms with Crippen LogP contribution in [0.25, 0.3) is 22.3 Å². The molecule has 3 aromatic rings. The molecule has 0 saturated heterocycles. The fourth-order valence-corrected chi connectivity index (χ4v) is 5.08. The zero-order chi connectivity index (χ0) is 25.8. The third-order valence-electron chi connectivity index (χ3n) is 6.76. The van der Waals surface area contributed by atoms with Gasteiger partial charge < -0.3 is 30.4 Å². The Bertz CT molecular complexity index is 1190. The molecule has 4 rings (SSSR count). The van der Waals surface area contributed by atoms with Gasteiger partial charge in [0.05, 0.1) is 23.4 Å². The molecule has 1 fully saturated rings. The second kappa shape index (κ2) is 11.7. The number of anilines is 2. The summed E-state index contributed by atoms with van der Waals surface area (Å²) in [7, 11) is 0. The van der Waals surface area contributed by atoms with Crippen LogP contribution in [0.5, 0.6) is 0 Å². The number of furan rings is 1. The Morgan fingerprint density at radius 3 is 2.58 bits per heavy atom. The Morgan fingerprint density at radius 2 is 1.89 bits per heavy atom. The van der Waals surface area contributed by atoms with Gasteiger partial charge in [-0.25, -0.2) is 4.98 Å². The summed E-state index contributed by atoms with van der Waals surface area (Å²) in [5.74, 6) is 0.816. The lowest BCUT2D eigenvalue weighted by atomic mass is 10.1. The van der Waals surface area contributed by atoms with Crippen molar-refractivity contribution in [2.75, 3.05) is 23.8 Å². The number of aryl methyl sites for hydroxylation is 2. The summed E-state index contributed by atoms with van der Waals surface area (Å²) in [5, 5.41) is 38.1. The molecule has 0 radical (unpaired) electrons. The van der Waals surface area contributed by atoms with E-state index < -0.39 is 24.2 Å². The van der Waals surface area contributed by atoms with Crippen molar-refractivity contribution in [3.63, 3.8) is 0 Å². The van der Waals surface area contributed by atoms with Crippen LogP contribution in [-0.4, -0.2) is 61.7 Å². The standard InChI is InChI=1S/C26H36ClN5O4/c1-4-6-7-9-28-26-31-24(27)20(25(32-26)30-18-11-16(13-33)21(34)22(18)35)19-12-15-10-17(8-5-2)29-14(3)23(15)36-19/h10,12,16,18,21-22,33-35H,4-9,11,13H2,1-3H3,(H2,28,30,31,32)/t16-,18-,21-,22+/m1/s1. The van der Waals surface area contributed by atoms with E-state index in [1.54, 1.807) is 0 Å². The number of aliphatic hydroxyl groups excluding tert-OH is 3. The van der Waals surface area contributed by atoms with E-state index in [1.165, 1.54) is 0 Å². The Balaban J connectivity index is 1.73. The third-order valence-corrected chi connectivity index (χ3v) is 7.04. The lowest BCUT2D eigenvalue weighted by molar-refractivity contribution is 0.00446. The zero-order valence-corrected chi connectivity index (χ0v) is 21.8. The van der Waals surface area contributed by atoms with Gasteiger partial charge in [-0.2, -0.15) is 4.98 Å². The van der Waals surface area contributed by atoms with Crippen molar-refractivity contribution in [3.05, 3.63) is 28.7 Å². The van der Waals surface area contributed by atoms with Crippen molar-refractivity contribution in [2.45, 2.75) is 77.5 Å². The van der Waals surface area contributed by atoms with Crippen molar-refractivity contribution >= 4 is 34.3 Å². The van der Waals surface area contributed by atoms with Crippen LogP contribution in [0.2, 0.25) is 5.15 Å². The molecular weight excluding hydrogens is 482 g/mol. The molecule has 9 nitrogen and oxygen atoms in total. The van der Waals surface area contributed by atoms with Gasteiger partial charge in [-0.1, -0.05) is 44.7 Å². The van der Waals surface area contributed by atoms with Crippen LogP contribution in [-0.2, 0) is 6.42 Å². The first kappa shape index (κ1) is 26.6. The lowest BCUT2D eigenvalue weighted by Gasteiger charge is -2.21. The molecule has 1 aliphatic rings. The number of aromatic nitrogens is 3. The van der Waals surface area contributed by atoms with Gasteiger partial charge in [0.25, 0.3) is 0 Å². The van der Waals surface area contributed by atoms with Crippen LogP contribution in [0.15, 0.2) is 16.5 Å². The number of rotatable bonds is 11. The second-order valence-electron chi connectivity index (χ2n) is 9.58. The fourth-order valence-electron chi connectivity index (χ4n) is 4.82. The van der Waals surface area contributed by atoms with Gasteiger partial charge in [0.2, 0.25) is 5.95 Å². The van der Waals surface area contributed by atoms with Crippen LogP contribution in [0, 0.1) is 12.8 Å². The highest BCUT2D eigenvalue weighted by Gasteiger charge is 2.41. The first-order chi connectivity index (χ1) is 17.4. The summed E-state index contributed by atoms with van der Waals surface area (Å²) in [5.41, 5.74) is 2.94. The summed E-state index contributed by atoms with van der Waals surface area (Å²) in [6.45, 7) is 6.66. The topological polar surface area (TPSA) is 137 Å². The molecule has 0 bridgehead atoms. The van der Waals surface area contributed by atoms with Crippen LogP contribution in [0.4, 0.5) is 11.8 Å². The van der Waals surface area contributed by atoms with E-state index in [2.05, 4.69) is 39.4 Å². The molecule has 36 heavy (non-hydrogen) atoms. The lowest BCUT2D eigenvalue weighted by Crippen LogP contribution is -2.35. The molecule has 1 aliphatic carbocycles. The summed E-state index contributed by atoms with van der Waals surface area (Å²) < 4.78 is 6.21. The summed E-state index contributed by atoms with van der Waals surface area (Å²) >= 11 is 6.71. The van der Waals surface area contributed by atoms with E-state index in [0.29, 0.717) is 41.6 Å². The Kier molecular flexibility index (Phi) is 8.66.